The second-order valence-corrected chi connectivity index (χ2v) is 5.96. The van der Waals surface area contributed by atoms with Crippen molar-refractivity contribution in [3.05, 3.63) is 71.5 Å². The fourth-order valence-corrected chi connectivity index (χ4v) is 2.47. The monoisotopic (exact) mass is 358 g/mol. The summed E-state index contributed by atoms with van der Waals surface area (Å²) in [7, 11) is 0. The zero-order valence-electron chi connectivity index (χ0n) is 14.5. The van der Waals surface area contributed by atoms with Crippen LogP contribution in [0.2, 0.25) is 0 Å². The summed E-state index contributed by atoms with van der Waals surface area (Å²) in [5, 5.41) is 14.4. The Kier molecular flexibility index (Phi) is 7.76. The molecule has 2 aromatic carbocycles. The van der Waals surface area contributed by atoms with E-state index in [1.807, 2.05) is 6.07 Å². The molecular weight excluding hydrogens is 335 g/mol. The molecule has 0 aromatic heterocycles. The van der Waals surface area contributed by atoms with E-state index in [0.29, 0.717) is 24.8 Å². The lowest BCUT2D eigenvalue weighted by molar-refractivity contribution is -0.123. The number of unbranched alkanes of at least 4 members (excludes halogenated alkanes) is 1. The minimum absolute atomic E-state index is 0.0382. The molecule has 0 aliphatic rings. The van der Waals surface area contributed by atoms with Gasteiger partial charge in [0.25, 0.3) is 5.91 Å². The molecule has 0 spiro atoms. The SMILES string of the molecule is O=C(NC(CCCCO)C(=O)NCc1ccc(F)cc1)c1ccccc1. The minimum atomic E-state index is -0.699. The van der Waals surface area contributed by atoms with Gasteiger partial charge in [0.05, 0.1) is 0 Å². The van der Waals surface area contributed by atoms with E-state index in [-0.39, 0.29) is 30.8 Å². The Hall–Kier alpha value is -2.73. The molecule has 0 fully saturated rings. The van der Waals surface area contributed by atoms with Crippen LogP contribution in [0.3, 0.4) is 0 Å². The molecule has 0 saturated carbocycles. The predicted octanol–water partition coefficient (Wildman–Crippen LogP) is 2.40. The molecule has 0 saturated heterocycles. The van der Waals surface area contributed by atoms with E-state index in [9.17, 15) is 14.0 Å². The first kappa shape index (κ1) is 19.6. The van der Waals surface area contributed by atoms with Crippen molar-refractivity contribution in [1.82, 2.24) is 10.6 Å². The molecule has 0 bridgehead atoms. The molecule has 138 valence electrons. The lowest BCUT2D eigenvalue weighted by Crippen LogP contribution is -2.46. The quantitative estimate of drug-likeness (QED) is 0.602. The number of hydrogen-bond acceptors (Lipinski definition) is 3. The van der Waals surface area contributed by atoms with E-state index >= 15 is 0 Å². The van der Waals surface area contributed by atoms with Crippen LogP contribution in [0.15, 0.2) is 54.6 Å². The van der Waals surface area contributed by atoms with Crippen molar-refractivity contribution in [2.45, 2.75) is 31.8 Å². The molecule has 0 aliphatic carbocycles. The molecule has 3 N–H and O–H groups in total. The molecule has 1 atom stereocenters. The Bertz CT molecular complexity index is 705. The highest BCUT2D eigenvalue weighted by Gasteiger charge is 2.20. The lowest BCUT2D eigenvalue weighted by atomic mass is 10.1. The smallest absolute Gasteiger partial charge is 0.251 e. The van der Waals surface area contributed by atoms with Gasteiger partial charge in [0.15, 0.2) is 0 Å². The Morgan fingerprint density at radius 3 is 2.35 bits per heavy atom. The number of halogens is 1. The standard InChI is InChI=1S/C20H23FN2O3/c21-17-11-9-15(10-12-17)14-22-20(26)18(8-4-5-13-24)23-19(25)16-6-2-1-3-7-16/h1-3,6-7,9-12,18,24H,4-5,8,13-14H2,(H,22,26)(H,23,25). The maximum absolute atomic E-state index is 12.9. The summed E-state index contributed by atoms with van der Waals surface area (Å²) >= 11 is 0. The average molecular weight is 358 g/mol. The van der Waals surface area contributed by atoms with E-state index in [1.165, 1.54) is 12.1 Å². The maximum atomic E-state index is 12.9. The molecule has 2 amide bonds. The average Bonchev–Trinajstić information content (AvgIpc) is 2.67. The number of aliphatic hydroxyl groups is 1. The van der Waals surface area contributed by atoms with Gasteiger partial charge in [-0.05, 0) is 49.1 Å². The van der Waals surface area contributed by atoms with Crippen LogP contribution in [-0.2, 0) is 11.3 Å². The predicted molar refractivity (Wildman–Crippen MR) is 96.9 cm³/mol. The summed E-state index contributed by atoms with van der Waals surface area (Å²) < 4.78 is 12.9. The van der Waals surface area contributed by atoms with Gasteiger partial charge in [-0.1, -0.05) is 30.3 Å². The van der Waals surface area contributed by atoms with Crippen LogP contribution in [0, 0.1) is 5.82 Å². The number of amides is 2. The van der Waals surface area contributed by atoms with Crippen molar-refractivity contribution in [1.29, 1.82) is 0 Å². The summed E-state index contributed by atoms with van der Waals surface area (Å²) in [4.78, 5) is 24.8. The summed E-state index contributed by atoms with van der Waals surface area (Å²) in [5.41, 5.74) is 1.24. The second-order valence-electron chi connectivity index (χ2n) is 5.96. The highest BCUT2D eigenvalue weighted by molar-refractivity contribution is 5.97. The molecule has 1 unspecified atom stereocenters. The molecule has 0 heterocycles. The van der Waals surface area contributed by atoms with Gasteiger partial charge in [-0.15, -0.1) is 0 Å². The van der Waals surface area contributed by atoms with Gasteiger partial charge >= 0.3 is 0 Å². The number of carbonyl (C=O) groups excluding carboxylic acids is 2. The van der Waals surface area contributed by atoms with Crippen molar-refractivity contribution in [3.8, 4) is 0 Å². The van der Waals surface area contributed by atoms with E-state index < -0.39 is 6.04 Å². The minimum Gasteiger partial charge on any atom is -0.396 e. The largest absolute Gasteiger partial charge is 0.396 e. The fourth-order valence-electron chi connectivity index (χ4n) is 2.47. The summed E-state index contributed by atoms with van der Waals surface area (Å²) in [5.74, 6) is -0.967. The molecule has 6 heteroatoms. The van der Waals surface area contributed by atoms with Crippen molar-refractivity contribution >= 4 is 11.8 Å². The van der Waals surface area contributed by atoms with Crippen molar-refractivity contribution in [2.75, 3.05) is 6.61 Å². The molecule has 0 aliphatic heterocycles. The topological polar surface area (TPSA) is 78.4 Å². The van der Waals surface area contributed by atoms with Crippen LogP contribution < -0.4 is 10.6 Å². The van der Waals surface area contributed by atoms with E-state index in [4.69, 9.17) is 5.11 Å². The third kappa shape index (κ3) is 6.29. The first-order valence-electron chi connectivity index (χ1n) is 8.59. The zero-order valence-corrected chi connectivity index (χ0v) is 14.5. The Morgan fingerprint density at radius 2 is 1.69 bits per heavy atom. The molecular formula is C20H23FN2O3. The molecule has 0 radical (unpaired) electrons. The summed E-state index contributed by atoms with van der Waals surface area (Å²) in [6.07, 6.45) is 1.59. The van der Waals surface area contributed by atoms with Gasteiger partial charge in [0.1, 0.15) is 11.9 Å². The van der Waals surface area contributed by atoms with E-state index in [0.717, 1.165) is 5.56 Å². The van der Waals surface area contributed by atoms with Crippen LogP contribution in [0.5, 0.6) is 0 Å². The van der Waals surface area contributed by atoms with Crippen LogP contribution in [0.25, 0.3) is 0 Å². The Balaban J connectivity index is 1.96. The van der Waals surface area contributed by atoms with Gasteiger partial charge < -0.3 is 15.7 Å². The zero-order chi connectivity index (χ0) is 18.8. The number of benzene rings is 2. The number of carbonyl (C=O) groups is 2. The molecule has 5 nitrogen and oxygen atoms in total. The van der Waals surface area contributed by atoms with Crippen molar-refractivity contribution < 1.29 is 19.1 Å². The van der Waals surface area contributed by atoms with Gasteiger partial charge in [-0.2, -0.15) is 0 Å². The van der Waals surface area contributed by atoms with Crippen LogP contribution >= 0.6 is 0 Å². The Labute approximate surface area is 152 Å². The second kappa shape index (κ2) is 10.3. The third-order valence-corrected chi connectivity index (χ3v) is 3.94. The highest BCUT2D eigenvalue weighted by atomic mass is 19.1. The van der Waals surface area contributed by atoms with Crippen molar-refractivity contribution in [3.63, 3.8) is 0 Å². The molecule has 26 heavy (non-hydrogen) atoms. The Morgan fingerprint density at radius 1 is 1.00 bits per heavy atom. The highest BCUT2D eigenvalue weighted by Crippen LogP contribution is 2.06. The first-order chi connectivity index (χ1) is 12.6. The van der Waals surface area contributed by atoms with Crippen molar-refractivity contribution in [2.24, 2.45) is 0 Å². The van der Waals surface area contributed by atoms with Gasteiger partial charge in [-0.25, -0.2) is 4.39 Å². The third-order valence-electron chi connectivity index (χ3n) is 3.94. The normalized spacial score (nSPS) is 11.6. The van der Waals surface area contributed by atoms with E-state index in [1.54, 1.807) is 36.4 Å². The van der Waals surface area contributed by atoms with Gasteiger partial charge in [0.2, 0.25) is 5.91 Å². The number of hydrogen-bond donors (Lipinski definition) is 3. The molecule has 2 rings (SSSR count). The van der Waals surface area contributed by atoms with Gasteiger partial charge in [0, 0.05) is 18.7 Å². The summed E-state index contributed by atoms with van der Waals surface area (Å²) in [6, 6.07) is 13.8. The lowest BCUT2D eigenvalue weighted by Gasteiger charge is -2.18. The number of aliphatic hydroxyl groups excluding tert-OH is 1. The maximum Gasteiger partial charge on any atom is 0.251 e. The van der Waals surface area contributed by atoms with Gasteiger partial charge in [-0.3, -0.25) is 9.59 Å². The van der Waals surface area contributed by atoms with E-state index in [2.05, 4.69) is 10.6 Å². The van der Waals surface area contributed by atoms with Crippen LogP contribution in [-0.4, -0.2) is 29.6 Å². The van der Waals surface area contributed by atoms with Crippen LogP contribution in [0.4, 0.5) is 4.39 Å². The first-order valence-corrected chi connectivity index (χ1v) is 8.59. The summed E-state index contributed by atoms with van der Waals surface area (Å²) in [6.45, 7) is 0.285. The number of nitrogens with one attached hydrogen (secondary N) is 2. The fraction of sp³-hybridized carbons (Fsp3) is 0.300. The molecule has 2 aromatic rings. The number of rotatable bonds is 9. The van der Waals surface area contributed by atoms with Crippen LogP contribution in [0.1, 0.15) is 35.2 Å².